The van der Waals surface area contributed by atoms with Gasteiger partial charge in [0.25, 0.3) is 0 Å². The van der Waals surface area contributed by atoms with Crippen LogP contribution >= 0.6 is 11.9 Å². The maximum Gasteiger partial charge on any atom is 0.0484 e. The van der Waals surface area contributed by atoms with Gasteiger partial charge in [0.2, 0.25) is 0 Å². The van der Waals surface area contributed by atoms with Gasteiger partial charge in [-0.05, 0) is 17.4 Å². The molecule has 3 N–H and O–H groups in total. The van der Waals surface area contributed by atoms with Crippen molar-refractivity contribution in [1.29, 1.82) is 0 Å². The molecule has 4 heteroatoms. The SMILES string of the molecule is NN1CC=CSN1. The van der Waals surface area contributed by atoms with E-state index in [4.69, 9.17) is 5.84 Å². The highest BCUT2D eigenvalue weighted by atomic mass is 32.2. The van der Waals surface area contributed by atoms with E-state index in [1.165, 1.54) is 17.1 Å². The second-order valence-corrected chi connectivity index (χ2v) is 1.92. The Labute approximate surface area is 46.6 Å². The minimum atomic E-state index is 0.785. The third-order valence-electron chi connectivity index (χ3n) is 0.636. The van der Waals surface area contributed by atoms with Crippen molar-refractivity contribution >= 4 is 11.9 Å². The first kappa shape index (κ1) is 5.11. The zero-order valence-electron chi connectivity index (χ0n) is 3.79. The maximum atomic E-state index is 5.28. The predicted octanol–water partition coefficient (Wildman–Crippen LogP) is -0.158. The lowest BCUT2D eigenvalue weighted by atomic mass is 10.6. The van der Waals surface area contributed by atoms with E-state index in [0.717, 1.165) is 6.54 Å². The fourth-order valence-corrected chi connectivity index (χ4v) is 0.793. The quantitative estimate of drug-likeness (QED) is 0.342. The maximum absolute atomic E-state index is 5.28. The van der Waals surface area contributed by atoms with E-state index in [1.807, 2.05) is 11.5 Å². The molecular weight excluding hydrogens is 110 g/mol. The van der Waals surface area contributed by atoms with Crippen LogP contribution in [0.25, 0.3) is 0 Å². The van der Waals surface area contributed by atoms with Gasteiger partial charge in [-0.2, -0.15) is 9.95 Å². The minimum absolute atomic E-state index is 0.785. The molecule has 0 radical (unpaired) electrons. The molecule has 0 aromatic rings. The van der Waals surface area contributed by atoms with Gasteiger partial charge in [-0.25, -0.2) is 0 Å². The van der Waals surface area contributed by atoms with Crippen molar-refractivity contribution in [3.05, 3.63) is 11.5 Å². The molecule has 0 saturated carbocycles. The van der Waals surface area contributed by atoms with Crippen LogP contribution in [0.15, 0.2) is 11.5 Å². The summed E-state index contributed by atoms with van der Waals surface area (Å²) in [7, 11) is 0. The summed E-state index contributed by atoms with van der Waals surface area (Å²) in [5.41, 5.74) is 0. The zero-order chi connectivity index (χ0) is 5.11. The topological polar surface area (TPSA) is 41.3 Å². The average Bonchev–Trinajstić information content (AvgIpc) is 1.69. The van der Waals surface area contributed by atoms with Crippen LogP contribution in [0.1, 0.15) is 0 Å². The monoisotopic (exact) mass is 117 g/mol. The van der Waals surface area contributed by atoms with E-state index in [2.05, 4.69) is 4.83 Å². The van der Waals surface area contributed by atoms with Crippen molar-refractivity contribution in [2.24, 2.45) is 5.84 Å². The highest BCUT2D eigenvalue weighted by molar-refractivity contribution is 8.00. The second-order valence-electron chi connectivity index (χ2n) is 1.23. The van der Waals surface area contributed by atoms with E-state index >= 15 is 0 Å². The number of nitrogens with two attached hydrogens (primary N) is 1. The number of hydrogen-bond donors (Lipinski definition) is 2. The number of nitrogens with one attached hydrogen (secondary N) is 1. The largest absolute Gasteiger partial charge is 0.254 e. The number of rotatable bonds is 0. The van der Waals surface area contributed by atoms with Crippen LogP contribution in [0.3, 0.4) is 0 Å². The normalized spacial score (nSPS) is 23.0. The van der Waals surface area contributed by atoms with E-state index < -0.39 is 0 Å². The van der Waals surface area contributed by atoms with Crippen LogP contribution < -0.4 is 10.7 Å². The van der Waals surface area contributed by atoms with Crippen molar-refractivity contribution in [2.75, 3.05) is 6.54 Å². The fraction of sp³-hybridized carbons (Fsp3) is 0.333. The molecule has 0 spiro atoms. The van der Waals surface area contributed by atoms with Gasteiger partial charge in [-0.3, -0.25) is 5.84 Å². The molecule has 3 nitrogen and oxygen atoms in total. The summed E-state index contributed by atoms with van der Waals surface area (Å²) >= 11 is 1.47. The Hall–Kier alpha value is -0.0300. The second kappa shape index (κ2) is 2.32. The van der Waals surface area contributed by atoms with Crippen molar-refractivity contribution in [1.82, 2.24) is 9.95 Å². The van der Waals surface area contributed by atoms with Gasteiger partial charge >= 0.3 is 0 Å². The Kier molecular flexibility index (Phi) is 1.70. The van der Waals surface area contributed by atoms with Crippen LogP contribution in [-0.2, 0) is 0 Å². The average molecular weight is 117 g/mol. The summed E-state index contributed by atoms with van der Waals surface area (Å²) in [5.74, 6) is 5.28. The van der Waals surface area contributed by atoms with Crippen molar-refractivity contribution in [3.63, 3.8) is 0 Å². The van der Waals surface area contributed by atoms with Crippen molar-refractivity contribution in [2.45, 2.75) is 0 Å². The molecule has 1 heterocycles. The molecule has 1 aliphatic heterocycles. The molecule has 0 atom stereocenters. The zero-order valence-corrected chi connectivity index (χ0v) is 4.61. The first-order chi connectivity index (χ1) is 3.39. The first-order valence-electron chi connectivity index (χ1n) is 1.98. The molecule has 0 saturated heterocycles. The molecule has 0 aromatic carbocycles. The van der Waals surface area contributed by atoms with E-state index in [0.29, 0.717) is 0 Å². The third-order valence-corrected chi connectivity index (χ3v) is 1.30. The summed E-state index contributed by atoms with van der Waals surface area (Å²) in [5, 5.41) is 3.48. The highest BCUT2D eigenvalue weighted by Gasteiger charge is 1.95. The Morgan fingerprint density at radius 3 is 3.00 bits per heavy atom. The Morgan fingerprint density at radius 1 is 1.86 bits per heavy atom. The minimum Gasteiger partial charge on any atom is -0.254 e. The van der Waals surface area contributed by atoms with Gasteiger partial charge in [-0.1, -0.05) is 6.08 Å². The van der Waals surface area contributed by atoms with Crippen molar-refractivity contribution in [3.8, 4) is 0 Å². The third kappa shape index (κ3) is 1.48. The molecule has 0 amide bonds. The van der Waals surface area contributed by atoms with Crippen LogP contribution in [0.4, 0.5) is 0 Å². The standard InChI is InChI=1S/C3H7N3S/c4-6-2-1-3-7-5-6/h1,3,5H,2,4H2. The summed E-state index contributed by atoms with van der Waals surface area (Å²) in [6, 6.07) is 0. The number of nitrogens with zero attached hydrogens (tertiary/aromatic N) is 1. The summed E-state index contributed by atoms with van der Waals surface area (Å²) in [4.78, 5) is 2.82. The highest BCUT2D eigenvalue weighted by Crippen LogP contribution is 1.99. The predicted molar refractivity (Wildman–Crippen MR) is 30.8 cm³/mol. The molecule has 0 fully saturated rings. The molecule has 0 unspecified atom stereocenters. The molecule has 1 aliphatic rings. The van der Waals surface area contributed by atoms with Crippen LogP contribution in [0.2, 0.25) is 0 Å². The molecule has 0 aliphatic carbocycles. The van der Waals surface area contributed by atoms with Gasteiger partial charge in [-0.15, -0.1) is 0 Å². The summed E-state index contributed by atoms with van der Waals surface area (Å²) in [6.45, 7) is 0.785. The van der Waals surface area contributed by atoms with E-state index in [1.54, 1.807) is 0 Å². The summed E-state index contributed by atoms with van der Waals surface area (Å²) in [6.07, 6.45) is 1.99. The number of hydrogen-bond acceptors (Lipinski definition) is 4. The molecular formula is C3H7N3S. The van der Waals surface area contributed by atoms with Gasteiger partial charge in [0.1, 0.15) is 0 Å². The van der Waals surface area contributed by atoms with Gasteiger partial charge in [0.15, 0.2) is 0 Å². The molecule has 7 heavy (non-hydrogen) atoms. The summed E-state index contributed by atoms with van der Waals surface area (Å²) < 4.78 is 0. The lowest BCUT2D eigenvalue weighted by Gasteiger charge is -2.15. The van der Waals surface area contributed by atoms with Crippen LogP contribution in [0.5, 0.6) is 0 Å². The molecule has 0 bridgehead atoms. The first-order valence-corrected chi connectivity index (χ1v) is 2.86. The molecule has 0 aromatic heterocycles. The molecule has 1 rings (SSSR count). The van der Waals surface area contributed by atoms with E-state index in [9.17, 15) is 0 Å². The fourth-order valence-electron chi connectivity index (χ4n) is 0.340. The van der Waals surface area contributed by atoms with Gasteiger partial charge in [0, 0.05) is 6.54 Å². The van der Waals surface area contributed by atoms with Crippen LogP contribution in [-0.4, -0.2) is 11.7 Å². The molecule has 40 valence electrons. The van der Waals surface area contributed by atoms with Gasteiger partial charge < -0.3 is 0 Å². The number of hydrazine groups is 2. The van der Waals surface area contributed by atoms with Gasteiger partial charge in [0.05, 0.1) is 0 Å². The lowest BCUT2D eigenvalue weighted by molar-refractivity contribution is 0.287. The Bertz CT molecular complexity index is 82.2. The Morgan fingerprint density at radius 2 is 2.71 bits per heavy atom. The Balaban J connectivity index is 2.32. The van der Waals surface area contributed by atoms with Crippen molar-refractivity contribution < 1.29 is 0 Å². The van der Waals surface area contributed by atoms with E-state index in [-0.39, 0.29) is 0 Å². The van der Waals surface area contributed by atoms with Crippen LogP contribution in [0, 0.1) is 0 Å². The smallest absolute Gasteiger partial charge is 0.0484 e. The lowest BCUT2D eigenvalue weighted by Crippen LogP contribution is -2.40.